The number of nitrogens with zero attached hydrogens (tertiary/aromatic N) is 3. The Balaban J connectivity index is 1.36. The van der Waals surface area contributed by atoms with Gasteiger partial charge in [0.15, 0.2) is 6.29 Å². The SMILES string of the molecule is Cc1cc(NC(=O)Cc2cccs2)n(C2NC(=O)C3CNN(c4ccc(F)cc4)C3N2)n1. The van der Waals surface area contributed by atoms with Gasteiger partial charge in [-0.1, -0.05) is 6.07 Å². The number of aromatic nitrogens is 2. The summed E-state index contributed by atoms with van der Waals surface area (Å²) in [5, 5.41) is 17.4. The van der Waals surface area contributed by atoms with Crippen LogP contribution in [0.1, 0.15) is 16.9 Å². The molecule has 32 heavy (non-hydrogen) atoms. The molecule has 2 aliphatic rings. The third kappa shape index (κ3) is 3.97. The number of hydrazine groups is 1. The zero-order chi connectivity index (χ0) is 22.2. The minimum absolute atomic E-state index is 0.139. The second-order valence-electron chi connectivity index (χ2n) is 7.76. The lowest BCUT2D eigenvalue weighted by molar-refractivity contribution is -0.129. The Hall–Kier alpha value is -3.28. The molecule has 0 saturated carbocycles. The molecule has 2 saturated heterocycles. The van der Waals surface area contributed by atoms with Crippen LogP contribution in [0.5, 0.6) is 0 Å². The van der Waals surface area contributed by atoms with Crippen LogP contribution in [0.3, 0.4) is 0 Å². The van der Waals surface area contributed by atoms with Crippen molar-refractivity contribution in [2.45, 2.75) is 25.8 Å². The Kier molecular flexibility index (Phi) is 5.37. The third-order valence-electron chi connectivity index (χ3n) is 5.47. The highest BCUT2D eigenvalue weighted by atomic mass is 32.1. The van der Waals surface area contributed by atoms with Crippen molar-refractivity contribution in [2.24, 2.45) is 5.92 Å². The topological polar surface area (TPSA) is 103 Å². The van der Waals surface area contributed by atoms with Crippen molar-refractivity contribution in [3.05, 3.63) is 64.2 Å². The van der Waals surface area contributed by atoms with Gasteiger partial charge in [0.2, 0.25) is 11.8 Å². The zero-order valence-corrected chi connectivity index (χ0v) is 18.0. The molecule has 166 valence electrons. The number of anilines is 2. The van der Waals surface area contributed by atoms with E-state index in [1.54, 1.807) is 22.9 Å². The molecule has 5 rings (SSSR count). The van der Waals surface area contributed by atoms with Crippen LogP contribution in [0.2, 0.25) is 0 Å². The Morgan fingerprint density at radius 3 is 2.88 bits per heavy atom. The molecule has 4 heterocycles. The first-order valence-corrected chi connectivity index (χ1v) is 11.1. The van der Waals surface area contributed by atoms with Crippen molar-refractivity contribution in [3.8, 4) is 0 Å². The molecule has 3 atom stereocenters. The molecule has 2 aromatic heterocycles. The van der Waals surface area contributed by atoms with Gasteiger partial charge in [-0.2, -0.15) is 5.10 Å². The van der Waals surface area contributed by atoms with Gasteiger partial charge in [-0.15, -0.1) is 11.3 Å². The Morgan fingerprint density at radius 2 is 2.12 bits per heavy atom. The molecule has 3 unspecified atom stereocenters. The van der Waals surface area contributed by atoms with Crippen molar-refractivity contribution in [1.82, 2.24) is 25.8 Å². The number of fused-ring (bicyclic) bond motifs is 1. The molecule has 2 aliphatic heterocycles. The number of carbonyl (C=O) groups excluding carboxylic acids is 2. The molecule has 3 aromatic rings. The lowest BCUT2D eigenvalue weighted by Crippen LogP contribution is -2.61. The average molecular weight is 456 g/mol. The van der Waals surface area contributed by atoms with Gasteiger partial charge >= 0.3 is 0 Å². The molecular weight excluding hydrogens is 433 g/mol. The highest BCUT2D eigenvalue weighted by Gasteiger charge is 2.45. The summed E-state index contributed by atoms with van der Waals surface area (Å²) in [4.78, 5) is 26.3. The second-order valence-corrected chi connectivity index (χ2v) is 8.79. The summed E-state index contributed by atoms with van der Waals surface area (Å²) in [6.07, 6.45) is -0.782. The number of rotatable bonds is 5. The van der Waals surface area contributed by atoms with Crippen LogP contribution in [0, 0.1) is 18.7 Å². The summed E-state index contributed by atoms with van der Waals surface area (Å²) in [6, 6.07) is 11.6. The van der Waals surface area contributed by atoms with E-state index in [4.69, 9.17) is 0 Å². The number of halogens is 1. The molecule has 2 amide bonds. The number of hydrogen-bond donors (Lipinski definition) is 4. The van der Waals surface area contributed by atoms with Crippen LogP contribution < -0.4 is 26.4 Å². The predicted molar refractivity (Wildman–Crippen MR) is 118 cm³/mol. The summed E-state index contributed by atoms with van der Waals surface area (Å²) in [5.41, 5.74) is 4.64. The molecule has 0 bridgehead atoms. The van der Waals surface area contributed by atoms with Crippen molar-refractivity contribution in [1.29, 1.82) is 0 Å². The van der Waals surface area contributed by atoms with Gasteiger partial charge in [0.25, 0.3) is 0 Å². The summed E-state index contributed by atoms with van der Waals surface area (Å²) in [7, 11) is 0. The fourth-order valence-electron chi connectivity index (χ4n) is 4.01. The van der Waals surface area contributed by atoms with Crippen molar-refractivity contribution in [2.75, 3.05) is 16.9 Å². The number of carbonyl (C=O) groups is 2. The maximum absolute atomic E-state index is 13.4. The van der Waals surface area contributed by atoms with E-state index in [2.05, 4.69) is 26.5 Å². The average Bonchev–Trinajstić information content (AvgIpc) is 3.49. The first kappa shape index (κ1) is 20.6. The molecule has 9 nitrogen and oxygen atoms in total. The maximum atomic E-state index is 13.4. The first-order valence-electron chi connectivity index (χ1n) is 10.2. The highest BCUT2D eigenvalue weighted by Crippen LogP contribution is 2.28. The predicted octanol–water partition coefficient (Wildman–Crippen LogP) is 1.72. The van der Waals surface area contributed by atoms with Gasteiger partial charge in [-0.05, 0) is 42.6 Å². The summed E-state index contributed by atoms with van der Waals surface area (Å²) in [6.45, 7) is 2.26. The van der Waals surface area contributed by atoms with Gasteiger partial charge in [-0.3, -0.25) is 19.9 Å². The summed E-state index contributed by atoms with van der Waals surface area (Å²) >= 11 is 1.52. The van der Waals surface area contributed by atoms with E-state index >= 15 is 0 Å². The van der Waals surface area contributed by atoms with Crippen LogP contribution >= 0.6 is 11.3 Å². The van der Waals surface area contributed by atoms with Gasteiger partial charge < -0.3 is 10.6 Å². The summed E-state index contributed by atoms with van der Waals surface area (Å²) < 4.78 is 14.9. The minimum Gasteiger partial charge on any atom is -0.321 e. The Morgan fingerprint density at radius 1 is 1.31 bits per heavy atom. The Bertz CT molecular complexity index is 1130. The molecule has 0 spiro atoms. The van der Waals surface area contributed by atoms with E-state index in [1.165, 1.54) is 23.5 Å². The number of hydrogen-bond acceptors (Lipinski definition) is 7. The van der Waals surface area contributed by atoms with Crippen LogP contribution in [0.15, 0.2) is 47.8 Å². The van der Waals surface area contributed by atoms with E-state index < -0.39 is 6.29 Å². The summed E-state index contributed by atoms with van der Waals surface area (Å²) in [5.74, 6) is -0.486. The van der Waals surface area contributed by atoms with Crippen LogP contribution in [-0.2, 0) is 16.0 Å². The number of aryl methyl sites for hydroxylation is 1. The van der Waals surface area contributed by atoms with E-state index in [-0.39, 0.29) is 36.1 Å². The van der Waals surface area contributed by atoms with Gasteiger partial charge in [-0.25, -0.2) is 14.5 Å². The van der Waals surface area contributed by atoms with E-state index in [0.29, 0.717) is 18.1 Å². The molecule has 0 radical (unpaired) electrons. The zero-order valence-electron chi connectivity index (χ0n) is 17.2. The van der Waals surface area contributed by atoms with Gasteiger partial charge in [0, 0.05) is 17.5 Å². The van der Waals surface area contributed by atoms with Crippen molar-refractivity contribution in [3.63, 3.8) is 0 Å². The molecule has 2 fully saturated rings. The lowest BCUT2D eigenvalue weighted by atomic mass is 10.0. The van der Waals surface area contributed by atoms with E-state index in [9.17, 15) is 14.0 Å². The number of amides is 2. The minimum atomic E-state index is -0.669. The highest BCUT2D eigenvalue weighted by molar-refractivity contribution is 7.10. The van der Waals surface area contributed by atoms with Crippen LogP contribution in [-0.4, -0.2) is 34.3 Å². The fraction of sp³-hybridized carbons (Fsp3) is 0.286. The molecule has 4 N–H and O–H groups in total. The third-order valence-corrected chi connectivity index (χ3v) is 6.35. The van der Waals surface area contributed by atoms with E-state index in [0.717, 1.165) is 10.6 Å². The van der Waals surface area contributed by atoms with Gasteiger partial charge in [0.05, 0.1) is 23.7 Å². The standard InChI is InChI=1S/C21H22FN7O2S/c1-12-9-17(24-18(30)10-15-3-2-8-32-15)29(27-12)21-25-19-16(20(31)26-21)11-23-28(19)14-6-4-13(22)5-7-14/h2-9,16,19,21,23,25H,10-11H2,1H3,(H,24,30)(H,26,31). The second kappa shape index (κ2) is 8.34. The Labute approximate surface area is 187 Å². The van der Waals surface area contributed by atoms with Crippen LogP contribution in [0.25, 0.3) is 0 Å². The number of thiophene rings is 1. The monoisotopic (exact) mass is 455 g/mol. The van der Waals surface area contributed by atoms with Crippen molar-refractivity contribution < 1.29 is 14.0 Å². The number of benzene rings is 1. The fourth-order valence-corrected chi connectivity index (χ4v) is 4.71. The number of nitrogens with one attached hydrogen (secondary N) is 4. The van der Waals surface area contributed by atoms with Crippen LogP contribution in [0.4, 0.5) is 15.9 Å². The van der Waals surface area contributed by atoms with E-state index in [1.807, 2.05) is 29.4 Å². The largest absolute Gasteiger partial charge is 0.321 e. The quantitative estimate of drug-likeness (QED) is 0.467. The molecular formula is C21H22FN7O2S. The normalized spacial score (nSPS) is 22.5. The molecule has 0 aliphatic carbocycles. The smallest absolute Gasteiger partial charge is 0.230 e. The van der Waals surface area contributed by atoms with Crippen molar-refractivity contribution >= 4 is 34.7 Å². The molecule has 11 heteroatoms. The van der Waals surface area contributed by atoms with Gasteiger partial charge in [0.1, 0.15) is 17.8 Å². The maximum Gasteiger partial charge on any atom is 0.230 e. The molecule has 1 aromatic carbocycles. The first-order chi connectivity index (χ1) is 15.5. The lowest BCUT2D eigenvalue weighted by Gasteiger charge is -2.37.